The standard InChI is InChI=1S/C15H15ClFN3OS.CH4/c16-11-4-3-10(14(18)13(11)17)12-7-22-15(19-12)20-8-1-2-9(20)6-21-5-8;/h3-4,7-9H,1-2,5-6,18H2;1H4. The number of halogens is 2. The number of morpholine rings is 1. The molecule has 2 atom stereocenters. The van der Waals surface area contributed by atoms with E-state index in [1.54, 1.807) is 17.4 Å². The maximum atomic E-state index is 13.9. The van der Waals surface area contributed by atoms with E-state index < -0.39 is 5.82 Å². The largest absolute Gasteiger partial charge is 0.396 e. The average molecular weight is 356 g/mol. The maximum absolute atomic E-state index is 13.9. The number of nitrogens with two attached hydrogens (primary N) is 1. The third kappa shape index (κ3) is 2.69. The van der Waals surface area contributed by atoms with Gasteiger partial charge >= 0.3 is 0 Å². The lowest BCUT2D eigenvalue weighted by molar-refractivity contribution is 0.0906. The molecular weight excluding hydrogens is 337 g/mol. The van der Waals surface area contributed by atoms with E-state index in [2.05, 4.69) is 9.88 Å². The minimum absolute atomic E-state index is 0. The molecule has 2 saturated heterocycles. The van der Waals surface area contributed by atoms with Crippen LogP contribution in [-0.4, -0.2) is 30.3 Å². The molecule has 0 radical (unpaired) electrons. The summed E-state index contributed by atoms with van der Waals surface area (Å²) in [7, 11) is 0. The lowest BCUT2D eigenvalue weighted by atomic mass is 10.1. The van der Waals surface area contributed by atoms with Crippen LogP contribution in [-0.2, 0) is 4.74 Å². The van der Waals surface area contributed by atoms with Gasteiger partial charge in [0.15, 0.2) is 10.9 Å². The van der Waals surface area contributed by atoms with Gasteiger partial charge in [-0.15, -0.1) is 11.3 Å². The molecular formula is C16H19ClFN3OS. The molecule has 2 aliphatic heterocycles. The molecule has 23 heavy (non-hydrogen) atoms. The van der Waals surface area contributed by atoms with E-state index in [1.807, 2.05) is 5.38 Å². The Morgan fingerprint density at radius 2 is 2.00 bits per heavy atom. The number of rotatable bonds is 2. The van der Waals surface area contributed by atoms with E-state index >= 15 is 0 Å². The van der Waals surface area contributed by atoms with Crippen molar-refractivity contribution in [3.05, 3.63) is 28.4 Å². The first-order chi connectivity index (χ1) is 10.6. The van der Waals surface area contributed by atoms with Crippen molar-refractivity contribution in [1.82, 2.24) is 4.98 Å². The van der Waals surface area contributed by atoms with Gasteiger partial charge in [-0.3, -0.25) is 0 Å². The third-order valence-corrected chi connectivity index (χ3v) is 5.51. The second-order valence-corrected chi connectivity index (χ2v) is 6.91. The summed E-state index contributed by atoms with van der Waals surface area (Å²) < 4.78 is 19.5. The molecule has 0 aliphatic carbocycles. The van der Waals surface area contributed by atoms with E-state index in [0.29, 0.717) is 23.3 Å². The van der Waals surface area contributed by atoms with Crippen LogP contribution >= 0.6 is 22.9 Å². The summed E-state index contributed by atoms with van der Waals surface area (Å²) in [4.78, 5) is 7.02. The summed E-state index contributed by atoms with van der Waals surface area (Å²) in [5.41, 5.74) is 7.17. The number of hydrogen-bond donors (Lipinski definition) is 1. The van der Waals surface area contributed by atoms with Gasteiger partial charge in [-0.05, 0) is 25.0 Å². The lowest BCUT2D eigenvalue weighted by Crippen LogP contribution is -2.45. The van der Waals surface area contributed by atoms with Crippen molar-refractivity contribution in [2.45, 2.75) is 32.4 Å². The van der Waals surface area contributed by atoms with Crippen LogP contribution in [0, 0.1) is 5.82 Å². The zero-order valence-electron chi connectivity index (χ0n) is 11.8. The fourth-order valence-corrected chi connectivity index (χ4v) is 4.37. The van der Waals surface area contributed by atoms with E-state index in [4.69, 9.17) is 22.1 Å². The van der Waals surface area contributed by atoms with Crippen LogP contribution in [0.3, 0.4) is 0 Å². The number of fused-ring (bicyclic) bond motifs is 2. The van der Waals surface area contributed by atoms with Crippen molar-refractivity contribution in [2.75, 3.05) is 23.8 Å². The van der Waals surface area contributed by atoms with Crippen molar-refractivity contribution in [2.24, 2.45) is 0 Å². The lowest BCUT2D eigenvalue weighted by Gasteiger charge is -2.34. The summed E-state index contributed by atoms with van der Waals surface area (Å²) in [5, 5.41) is 2.91. The quantitative estimate of drug-likeness (QED) is 0.821. The molecule has 2 bridgehead atoms. The fourth-order valence-electron chi connectivity index (χ4n) is 3.24. The van der Waals surface area contributed by atoms with Crippen molar-refractivity contribution in [3.8, 4) is 11.3 Å². The topological polar surface area (TPSA) is 51.4 Å². The van der Waals surface area contributed by atoms with Gasteiger partial charge in [-0.2, -0.15) is 0 Å². The Morgan fingerprint density at radius 3 is 2.70 bits per heavy atom. The molecule has 1 aromatic carbocycles. The Hall–Kier alpha value is -1.37. The van der Waals surface area contributed by atoms with Crippen LogP contribution in [0.1, 0.15) is 20.3 Å². The molecule has 2 aromatic rings. The van der Waals surface area contributed by atoms with Gasteiger partial charge in [-0.25, -0.2) is 9.37 Å². The van der Waals surface area contributed by atoms with Crippen LogP contribution < -0.4 is 10.6 Å². The summed E-state index contributed by atoms with van der Waals surface area (Å²) in [5.74, 6) is -0.583. The summed E-state index contributed by atoms with van der Waals surface area (Å²) in [6.07, 6.45) is 2.27. The smallest absolute Gasteiger partial charge is 0.186 e. The summed E-state index contributed by atoms with van der Waals surface area (Å²) in [6, 6.07) is 4.03. The number of nitrogens with zero attached hydrogens (tertiary/aromatic N) is 2. The van der Waals surface area contributed by atoms with E-state index in [-0.39, 0.29) is 18.1 Å². The monoisotopic (exact) mass is 355 g/mol. The highest BCUT2D eigenvalue weighted by Gasteiger charge is 2.38. The molecule has 7 heteroatoms. The third-order valence-electron chi connectivity index (χ3n) is 4.36. The zero-order valence-corrected chi connectivity index (χ0v) is 13.3. The van der Waals surface area contributed by atoms with Crippen LogP contribution in [0.15, 0.2) is 17.5 Å². The van der Waals surface area contributed by atoms with E-state index in [9.17, 15) is 4.39 Å². The maximum Gasteiger partial charge on any atom is 0.186 e. The molecule has 4 rings (SSSR count). The van der Waals surface area contributed by atoms with Gasteiger partial charge in [0.05, 0.1) is 41.7 Å². The van der Waals surface area contributed by atoms with Crippen molar-refractivity contribution in [3.63, 3.8) is 0 Å². The first-order valence-corrected chi connectivity index (χ1v) is 8.46. The highest BCUT2D eigenvalue weighted by molar-refractivity contribution is 7.14. The van der Waals surface area contributed by atoms with Crippen LogP contribution in [0.4, 0.5) is 15.2 Å². The second-order valence-electron chi connectivity index (χ2n) is 5.67. The number of thiazole rings is 1. The number of anilines is 2. The number of ether oxygens (including phenoxy) is 1. The molecule has 2 aliphatic rings. The molecule has 4 nitrogen and oxygen atoms in total. The molecule has 2 N–H and O–H groups in total. The molecule has 124 valence electrons. The van der Waals surface area contributed by atoms with Gasteiger partial charge in [-0.1, -0.05) is 19.0 Å². The molecule has 2 unspecified atom stereocenters. The molecule has 1 aromatic heterocycles. The number of aromatic nitrogens is 1. The Balaban J connectivity index is 0.00000156. The minimum atomic E-state index is -0.583. The number of hydrogen-bond acceptors (Lipinski definition) is 5. The van der Waals surface area contributed by atoms with Crippen LogP contribution in [0.25, 0.3) is 11.3 Å². The second kappa shape index (κ2) is 6.26. The molecule has 0 spiro atoms. The first-order valence-electron chi connectivity index (χ1n) is 7.20. The SMILES string of the molecule is C.Nc1c(-c2csc(N3C4CCC3COC4)n2)ccc(Cl)c1F. The van der Waals surface area contributed by atoms with E-state index in [1.165, 1.54) is 6.07 Å². The molecule has 0 saturated carbocycles. The normalized spacial score (nSPS) is 23.0. The predicted molar refractivity (Wildman–Crippen MR) is 93.8 cm³/mol. The van der Waals surface area contributed by atoms with Crippen molar-refractivity contribution < 1.29 is 9.13 Å². The number of benzene rings is 1. The van der Waals surface area contributed by atoms with Gasteiger partial charge in [0, 0.05) is 10.9 Å². The van der Waals surface area contributed by atoms with Gasteiger partial charge < -0.3 is 15.4 Å². The zero-order chi connectivity index (χ0) is 15.3. The molecule has 2 fully saturated rings. The van der Waals surface area contributed by atoms with E-state index in [0.717, 1.165) is 31.2 Å². The summed E-state index contributed by atoms with van der Waals surface area (Å²) >= 11 is 7.32. The predicted octanol–water partition coefficient (Wildman–Crippen LogP) is 4.19. The summed E-state index contributed by atoms with van der Waals surface area (Å²) in [6.45, 7) is 1.51. The highest BCUT2D eigenvalue weighted by Crippen LogP contribution is 2.39. The Labute approximate surface area is 144 Å². The van der Waals surface area contributed by atoms with Crippen molar-refractivity contribution >= 4 is 33.8 Å². The van der Waals surface area contributed by atoms with Crippen LogP contribution in [0.2, 0.25) is 5.02 Å². The number of nitrogen functional groups attached to an aromatic ring is 1. The average Bonchev–Trinajstić information content (AvgIpc) is 3.07. The van der Waals surface area contributed by atoms with Gasteiger partial charge in [0.2, 0.25) is 0 Å². The Bertz CT molecular complexity index is 707. The minimum Gasteiger partial charge on any atom is -0.396 e. The molecule has 3 heterocycles. The first kappa shape index (κ1) is 16.5. The van der Waals surface area contributed by atoms with Gasteiger partial charge in [0.25, 0.3) is 0 Å². The Kier molecular flexibility index (Phi) is 4.49. The highest BCUT2D eigenvalue weighted by atomic mass is 35.5. The van der Waals surface area contributed by atoms with Crippen molar-refractivity contribution in [1.29, 1.82) is 0 Å². The fraction of sp³-hybridized carbons (Fsp3) is 0.438. The van der Waals surface area contributed by atoms with Gasteiger partial charge in [0.1, 0.15) is 0 Å². The van der Waals surface area contributed by atoms with Crippen LogP contribution in [0.5, 0.6) is 0 Å². The molecule has 0 amide bonds. The Morgan fingerprint density at radius 1 is 1.30 bits per heavy atom.